The van der Waals surface area contributed by atoms with E-state index >= 15 is 0 Å². The van der Waals surface area contributed by atoms with E-state index in [-0.39, 0.29) is 5.91 Å². The van der Waals surface area contributed by atoms with Crippen molar-refractivity contribution < 1.29 is 9.53 Å². The van der Waals surface area contributed by atoms with Crippen LogP contribution in [0.5, 0.6) is 5.75 Å². The highest BCUT2D eigenvalue weighted by molar-refractivity contribution is 5.93. The zero-order valence-electron chi connectivity index (χ0n) is 12.8. The highest BCUT2D eigenvalue weighted by Crippen LogP contribution is 2.36. The van der Waals surface area contributed by atoms with Gasteiger partial charge in [0.1, 0.15) is 5.75 Å². The molecule has 0 unspecified atom stereocenters. The van der Waals surface area contributed by atoms with Crippen molar-refractivity contribution in [1.29, 1.82) is 0 Å². The van der Waals surface area contributed by atoms with Crippen LogP contribution in [0, 0.1) is 0 Å². The second kappa shape index (κ2) is 6.05. The number of amides is 1. The molecule has 1 N–H and O–H groups in total. The van der Waals surface area contributed by atoms with E-state index in [1.54, 1.807) is 18.2 Å². The minimum Gasteiger partial charge on any atom is -0.493 e. The largest absolute Gasteiger partial charge is 0.493 e. The molecule has 5 nitrogen and oxygen atoms in total. The Morgan fingerprint density at radius 2 is 2.36 bits per heavy atom. The highest BCUT2D eigenvalue weighted by atomic mass is 16.5. The van der Waals surface area contributed by atoms with Gasteiger partial charge in [0.25, 0.3) is 0 Å². The molecule has 3 rings (SSSR count). The van der Waals surface area contributed by atoms with Crippen LogP contribution in [0.1, 0.15) is 31.5 Å². The van der Waals surface area contributed by atoms with E-state index in [0.717, 1.165) is 29.1 Å². The van der Waals surface area contributed by atoms with Gasteiger partial charge in [-0.05, 0) is 36.8 Å². The number of H-pyrrole nitrogens is 1. The maximum Gasteiger partial charge on any atom is 0.223 e. The maximum atomic E-state index is 11.7. The number of imidazole rings is 1. The summed E-state index contributed by atoms with van der Waals surface area (Å²) in [4.78, 5) is 20.7. The third kappa shape index (κ3) is 2.74. The second-order valence-electron chi connectivity index (χ2n) is 5.21. The lowest BCUT2D eigenvalue weighted by molar-refractivity contribution is -0.116. The van der Waals surface area contributed by atoms with Crippen LogP contribution in [-0.4, -0.2) is 29.0 Å². The number of hydrogen-bond donors (Lipinski definition) is 1. The molecule has 114 valence electrons. The molecule has 1 amide bonds. The van der Waals surface area contributed by atoms with Crippen molar-refractivity contribution in [3.8, 4) is 5.75 Å². The average Bonchev–Trinajstić information content (AvgIpc) is 3.01. The van der Waals surface area contributed by atoms with E-state index in [2.05, 4.69) is 16.0 Å². The highest BCUT2D eigenvalue weighted by Gasteiger charge is 2.18. The fraction of sp³-hybridized carbons (Fsp3) is 0.294. The number of anilines is 1. The molecular formula is C17H19N3O2. The number of ether oxygens (including phenoxy) is 1. The van der Waals surface area contributed by atoms with Gasteiger partial charge in [0.05, 0.1) is 18.6 Å². The van der Waals surface area contributed by atoms with Crippen LogP contribution in [0.2, 0.25) is 0 Å². The molecule has 0 saturated heterocycles. The van der Waals surface area contributed by atoms with E-state index < -0.39 is 0 Å². The van der Waals surface area contributed by atoms with Gasteiger partial charge in [-0.25, -0.2) is 4.98 Å². The van der Waals surface area contributed by atoms with Gasteiger partial charge in [-0.1, -0.05) is 0 Å². The number of rotatable bonds is 3. The van der Waals surface area contributed by atoms with Gasteiger partial charge in [-0.2, -0.15) is 0 Å². The summed E-state index contributed by atoms with van der Waals surface area (Å²) < 4.78 is 5.73. The van der Waals surface area contributed by atoms with Crippen LogP contribution in [0.25, 0.3) is 11.6 Å². The summed E-state index contributed by atoms with van der Waals surface area (Å²) in [5.74, 6) is 0.897. The van der Waals surface area contributed by atoms with Crippen molar-refractivity contribution in [2.45, 2.75) is 20.3 Å². The number of fused-ring (bicyclic) bond motifs is 1. The third-order valence-corrected chi connectivity index (χ3v) is 3.79. The Hall–Kier alpha value is -2.56. The molecule has 5 heteroatoms. The number of aromatic amines is 1. The molecule has 0 bridgehead atoms. The first-order valence-corrected chi connectivity index (χ1v) is 7.43. The quantitative estimate of drug-likeness (QED) is 0.947. The first-order chi connectivity index (χ1) is 10.7. The van der Waals surface area contributed by atoms with Crippen LogP contribution in [0.3, 0.4) is 0 Å². The number of aromatic nitrogens is 2. The predicted octanol–water partition coefficient (Wildman–Crippen LogP) is 3.11. The summed E-state index contributed by atoms with van der Waals surface area (Å²) in [5.41, 5.74) is 4.00. The normalized spacial score (nSPS) is 15.3. The molecule has 1 aromatic carbocycles. The average molecular weight is 297 g/mol. The minimum atomic E-state index is 0.0389. The molecule has 1 aliphatic heterocycles. The summed E-state index contributed by atoms with van der Waals surface area (Å²) in [5, 5.41) is 0. The molecule has 0 spiro atoms. The molecule has 2 heterocycles. The van der Waals surface area contributed by atoms with Gasteiger partial charge < -0.3 is 14.6 Å². The standard InChI is InChI=1S/C17H19N3O2/c1-3-20(12(2)21)15-4-5-17-16(9-15)13(6-7-22-17)8-14-10-18-11-19-14/h4-5,8-11H,3,6-7H2,1-2H3,(H,18,19)/b13-8+. The SMILES string of the molecule is CCN(C(C)=O)c1ccc2c(c1)/C(=C/c1c[nH]cn1)CCO2. The fourth-order valence-electron chi connectivity index (χ4n) is 2.73. The molecule has 0 radical (unpaired) electrons. The van der Waals surface area contributed by atoms with E-state index in [4.69, 9.17) is 4.74 Å². The van der Waals surface area contributed by atoms with Gasteiger partial charge in [0, 0.05) is 37.3 Å². The zero-order chi connectivity index (χ0) is 15.5. The topological polar surface area (TPSA) is 58.2 Å². The van der Waals surface area contributed by atoms with Crippen molar-refractivity contribution in [2.75, 3.05) is 18.1 Å². The Kier molecular flexibility index (Phi) is 3.96. The van der Waals surface area contributed by atoms with E-state index in [0.29, 0.717) is 13.2 Å². The molecule has 0 fully saturated rings. The summed E-state index contributed by atoms with van der Waals surface area (Å²) >= 11 is 0. The molecule has 22 heavy (non-hydrogen) atoms. The van der Waals surface area contributed by atoms with Crippen LogP contribution < -0.4 is 9.64 Å². The summed E-state index contributed by atoms with van der Waals surface area (Å²) in [7, 11) is 0. The van der Waals surface area contributed by atoms with Crippen molar-refractivity contribution >= 4 is 23.2 Å². The van der Waals surface area contributed by atoms with Gasteiger partial charge in [0.15, 0.2) is 0 Å². The van der Waals surface area contributed by atoms with Crippen molar-refractivity contribution in [3.05, 3.63) is 42.0 Å². The van der Waals surface area contributed by atoms with Gasteiger partial charge in [0.2, 0.25) is 5.91 Å². The van der Waals surface area contributed by atoms with Crippen molar-refractivity contribution in [2.24, 2.45) is 0 Å². The van der Waals surface area contributed by atoms with Crippen molar-refractivity contribution in [1.82, 2.24) is 9.97 Å². The maximum absolute atomic E-state index is 11.7. The number of carbonyl (C=O) groups is 1. The molecule has 1 aromatic heterocycles. The molecule has 2 aromatic rings. The molecule has 0 aliphatic carbocycles. The van der Waals surface area contributed by atoms with Crippen LogP contribution in [0.4, 0.5) is 5.69 Å². The van der Waals surface area contributed by atoms with Gasteiger partial charge >= 0.3 is 0 Å². The Labute approximate surface area is 129 Å². The van der Waals surface area contributed by atoms with Gasteiger partial charge in [-0.3, -0.25) is 4.79 Å². The van der Waals surface area contributed by atoms with Gasteiger partial charge in [-0.15, -0.1) is 0 Å². The number of benzene rings is 1. The fourth-order valence-corrected chi connectivity index (χ4v) is 2.73. The Morgan fingerprint density at radius 3 is 3.05 bits per heavy atom. The number of nitrogens with one attached hydrogen (secondary N) is 1. The van der Waals surface area contributed by atoms with Crippen LogP contribution >= 0.6 is 0 Å². The summed E-state index contributed by atoms with van der Waals surface area (Å²) in [6.07, 6.45) is 6.42. The minimum absolute atomic E-state index is 0.0389. The second-order valence-corrected chi connectivity index (χ2v) is 5.21. The Balaban J connectivity index is 2.03. The van der Waals surface area contributed by atoms with Crippen molar-refractivity contribution in [3.63, 3.8) is 0 Å². The molecule has 1 aliphatic rings. The molecule has 0 atom stereocenters. The number of nitrogens with zero attached hydrogens (tertiary/aromatic N) is 2. The molecular weight excluding hydrogens is 278 g/mol. The van der Waals surface area contributed by atoms with Crippen LogP contribution in [-0.2, 0) is 4.79 Å². The molecule has 0 saturated carbocycles. The first-order valence-electron chi connectivity index (χ1n) is 7.43. The monoisotopic (exact) mass is 297 g/mol. The smallest absolute Gasteiger partial charge is 0.223 e. The Bertz CT molecular complexity index is 705. The van der Waals surface area contributed by atoms with Crippen LogP contribution in [0.15, 0.2) is 30.7 Å². The summed E-state index contributed by atoms with van der Waals surface area (Å²) in [6.45, 7) is 4.86. The Morgan fingerprint density at radius 1 is 1.50 bits per heavy atom. The van der Waals surface area contributed by atoms with E-state index in [9.17, 15) is 4.79 Å². The third-order valence-electron chi connectivity index (χ3n) is 3.79. The lowest BCUT2D eigenvalue weighted by Gasteiger charge is -2.24. The van der Waals surface area contributed by atoms with E-state index in [1.165, 1.54) is 5.57 Å². The van der Waals surface area contributed by atoms with E-state index in [1.807, 2.05) is 31.3 Å². The first kappa shape index (κ1) is 14.4. The predicted molar refractivity (Wildman–Crippen MR) is 86.7 cm³/mol. The summed E-state index contributed by atoms with van der Waals surface area (Å²) in [6, 6.07) is 5.90. The zero-order valence-corrected chi connectivity index (χ0v) is 12.8. The lowest BCUT2D eigenvalue weighted by Crippen LogP contribution is -2.28. The number of hydrogen-bond acceptors (Lipinski definition) is 3. The number of carbonyl (C=O) groups excluding carboxylic acids is 1. The lowest BCUT2D eigenvalue weighted by atomic mass is 9.98.